The summed E-state index contributed by atoms with van der Waals surface area (Å²) in [6.07, 6.45) is 3.07. The average molecular weight is 385 g/mol. The van der Waals surface area contributed by atoms with E-state index in [0.29, 0.717) is 27.9 Å². The Labute approximate surface area is 161 Å². The van der Waals surface area contributed by atoms with Crippen molar-refractivity contribution in [2.24, 2.45) is 0 Å². The molecule has 2 aromatic carbocycles. The number of aromatic amines is 1. The van der Waals surface area contributed by atoms with Gasteiger partial charge in [-0.2, -0.15) is 4.98 Å². The molecule has 1 heterocycles. The normalized spacial score (nSPS) is 10.8. The molecule has 0 radical (unpaired) electrons. The molecule has 0 atom stereocenters. The Morgan fingerprint density at radius 2 is 1.93 bits per heavy atom. The molecule has 0 aliphatic rings. The molecule has 138 valence electrons. The third-order valence-electron chi connectivity index (χ3n) is 3.68. The molecular formula is C19H17ClN4O3. The lowest BCUT2D eigenvalue weighted by atomic mass is 10.2. The van der Waals surface area contributed by atoms with Crippen LogP contribution in [0.2, 0.25) is 5.02 Å². The number of aromatic nitrogens is 3. The quantitative estimate of drug-likeness (QED) is 0.631. The van der Waals surface area contributed by atoms with Crippen molar-refractivity contribution in [2.75, 3.05) is 19.5 Å². The topological polar surface area (TPSA) is 89.1 Å². The van der Waals surface area contributed by atoms with Gasteiger partial charge in [0.2, 0.25) is 5.95 Å². The summed E-state index contributed by atoms with van der Waals surface area (Å²) in [6.45, 7) is 0. The molecule has 27 heavy (non-hydrogen) atoms. The number of anilines is 1. The van der Waals surface area contributed by atoms with Gasteiger partial charge in [0, 0.05) is 17.2 Å². The number of carbonyl (C=O) groups is 1. The Morgan fingerprint density at radius 3 is 2.63 bits per heavy atom. The number of hydrogen-bond donors (Lipinski definition) is 2. The summed E-state index contributed by atoms with van der Waals surface area (Å²) in [5.74, 6) is 1.51. The zero-order chi connectivity index (χ0) is 19.2. The van der Waals surface area contributed by atoms with E-state index in [1.165, 1.54) is 6.08 Å². The van der Waals surface area contributed by atoms with Crippen LogP contribution >= 0.6 is 11.6 Å². The van der Waals surface area contributed by atoms with E-state index < -0.39 is 0 Å². The molecule has 1 aromatic heterocycles. The van der Waals surface area contributed by atoms with E-state index in [1.807, 2.05) is 12.1 Å². The SMILES string of the molecule is COc1ccc(-c2nc(NC(=O)/C=C/c3ccc(Cl)cc3)n[nH]2)c(OC)c1. The maximum absolute atomic E-state index is 12.0. The second-order valence-corrected chi connectivity index (χ2v) is 5.88. The predicted octanol–water partition coefficient (Wildman–Crippen LogP) is 3.79. The molecule has 0 unspecified atom stereocenters. The molecule has 0 saturated carbocycles. The lowest BCUT2D eigenvalue weighted by Gasteiger charge is -2.07. The number of amides is 1. The summed E-state index contributed by atoms with van der Waals surface area (Å²) < 4.78 is 10.5. The highest BCUT2D eigenvalue weighted by atomic mass is 35.5. The maximum Gasteiger partial charge on any atom is 0.250 e. The van der Waals surface area contributed by atoms with E-state index >= 15 is 0 Å². The Bertz CT molecular complexity index is 967. The molecule has 0 fully saturated rings. The highest BCUT2D eigenvalue weighted by molar-refractivity contribution is 6.30. The minimum absolute atomic E-state index is 0.161. The van der Waals surface area contributed by atoms with E-state index in [-0.39, 0.29) is 11.9 Å². The fourth-order valence-corrected chi connectivity index (χ4v) is 2.46. The zero-order valence-corrected chi connectivity index (χ0v) is 15.4. The molecular weight excluding hydrogens is 368 g/mol. The van der Waals surface area contributed by atoms with Crippen molar-refractivity contribution in [3.05, 3.63) is 59.1 Å². The van der Waals surface area contributed by atoms with Crippen LogP contribution in [0.25, 0.3) is 17.5 Å². The predicted molar refractivity (Wildman–Crippen MR) is 104 cm³/mol. The van der Waals surface area contributed by atoms with Crippen LogP contribution < -0.4 is 14.8 Å². The first-order chi connectivity index (χ1) is 13.1. The van der Waals surface area contributed by atoms with Gasteiger partial charge in [-0.15, -0.1) is 5.10 Å². The Morgan fingerprint density at radius 1 is 1.15 bits per heavy atom. The van der Waals surface area contributed by atoms with Gasteiger partial charge in [-0.05, 0) is 35.9 Å². The van der Waals surface area contributed by atoms with Crippen LogP contribution in [0.1, 0.15) is 5.56 Å². The van der Waals surface area contributed by atoms with Gasteiger partial charge in [0.05, 0.1) is 19.8 Å². The van der Waals surface area contributed by atoms with Crippen molar-refractivity contribution in [1.29, 1.82) is 0 Å². The van der Waals surface area contributed by atoms with E-state index in [0.717, 1.165) is 5.56 Å². The van der Waals surface area contributed by atoms with Crippen LogP contribution in [0, 0.1) is 0 Å². The van der Waals surface area contributed by atoms with Crippen molar-refractivity contribution in [1.82, 2.24) is 15.2 Å². The standard InChI is InChI=1S/C19H17ClN4O3/c1-26-14-8-9-15(16(11-14)27-2)18-22-19(24-23-18)21-17(25)10-5-12-3-6-13(20)7-4-12/h3-11H,1-2H3,(H2,21,22,23,24,25)/b10-5+. The van der Waals surface area contributed by atoms with Gasteiger partial charge in [0.15, 0.2) is 5.82 Å². The van der Waals surface area contributed by atoms with E-state index in [4.69, 9.17) is 21.1 Å². The minimum Gasteiger partial charge on any atom is -0.497 e. The van der Waals surface area contributed by atoms with Gasteiger partial charge in [0.1, 0.15) is 11.5 Å². The molecule has 1 amide bonds. The van der Waals surface area contributed by atoms with E-state index in [1.54, 1.807) is 50.6 Å². The van der Waals surface area contributed by atoms with Gasteiger partial charge < -0.3 is 9.47 Å². The summed E-state index contributed by atoms with van der Waals surface area (Å²) in [5, 5.41) is 10.0. The Hall–Kier alpha value is -3.32. The van der Waals surface area contributed by atoms with Crippen LogP contribution in [0.5, 0.6) is 11.5 Å². The number of H-pyrrole nitrogens is 1. The number of hydrogen-bond acceptors (Lipinski definition) is 5. The number of halogens is 1. The van der Waals surface area contributed by atoms with Gasteiger partial charge in [-0.3, -0.25) is 15.2 Å². The van der Waals surface area contributed by atoms with Gasteiger partial charge >= 0.3 is 0 Å². The third-order valence-corrected chi connectivity index (χ3v) is 3.93. The lowest BCUT2D eigenvalue weighted by molar-refractivity contribution is -0.111. The van der Waals surface area contributed by atoms with Crippen LogP contribution in [-0.4, -0.2) is 35.3 Å². The average Bonchev–Trinajstić information content (AvgIpc) is 3.15. The first kappa shape index (κ1) is 18.5. The zero-order valence-electron chi connectivity index (χ0n) is 14.7. The van der Waals surface area contributed by atoms with Crippen LogP contribution in [0.15, 0.2) is 48.5 Å². The summed E-state index contributed by atoms with van der Waals surface area (Å²) >= 11 is 5.83. The van der Waals surface area contributed by atoms with Crippen LogP contribution in [0.3, 0.4) is 0 Å². The van der Waals surface area contributed by atoms with Gasteiger partial charge in [-0.25, -0.2) is 0 Å². The molecule has 2 N–H and O–H groups in total. The highest BCUT2D eigenvalue weighted by Crippen LogP contribution is 2.31. The Balaban J connectivity index is 1.70. The van der Waals surface area contributed by atoms with Gasteiger partial charge in [0.25, 0.3) is 5.91 Å². The number of nitrogens with zero attached hydrogens (tertiary/aromatic N) is 2. The van der Waals surface area contributed by atoms with Crippen molar-refractivity contribution < 1.29 is 14.3 Å². The Kier molecular flexibility index (Phi) is 5.73. The fraction of sp³-hybridized carbons (Fsp3) is 0.105. The van der Waals surface area contributed by atoms with Crippen LogP contribution in [-0.2, 0) is 4.79 Å². The summed E-state index contributed by atoms with van der Waals surface area (Å²) in [5.41, 5.74) is 1.55. The fourth-order valence-electron chi connectivity index (χ4n) is 2.33. The van der Waals surface area contributed by atoms with Crippen molar-refractivity contribution in [3.8, 4) is 22.9 Å². The summed E-state index contributed by atoms with van der Waals surface area (Å²) in [7, 11) is 3.13. The smallest absolute Gasteiger partial charge is 0.250 e. The molecule has 8 heteroatoms. The lowest BCUT2D eigenvalue weighted by Crippen LogP contribution is -2.09. The molecule has 3 rings (SSSR count). The third kappa shape index (κ3) is 4.65. The molecule has 7 nitrogen and oxygen atoms in total. The van der Waals surface area contributed by atoms with Crippen molar-refractivity contribution in [3.63, 3.8) is 0 Å². The second kappa shape index (κ2) is 8.37. The molecule has 0 spiro atoms. The summed E-state index contributed by atoms with van der Waals surface area (Å²) in [6, 6.07) is 12.5. The molecule has 0 aliphatic heterocycles. The molecule has 0 saturated heterocycles. The number of methoxy groups -OCH3 is 2. The highest BCUT2D eigenvalue weighted by Gasteiger charge is 2.13. The number of benzene rings is 2. The van der Waals surface area contributed by atoms with Crippen molar-refractivity contribution in [2.45, 2.75) is 0 Å². The second-order valence-electron chi connectivity index (χ2n) is 5.45. The number of carbonyl (C=O) groups excluding carboxylic acids is 1. The van der Waals surface area contributed by atoms with Crippen molar-refractivity contribution >= 4 is 29.5 Å². The first-order valence-corrected chi connectivity index (χ1v) is 8.36. The van der Waals surface area contributed by atoms with Crippen LogP contribution in [0.4, 0.5) is 5.95 Å². The van der Waals surface area contributed by atoms with E-state index in [9.17, 15) is 4.79 Å². The van der Waals surface area contributed by atoms with E-state index in [2.05, 4.69) is 20.5 Å². The number of nitrogens with one attached hydrogen (secondary N) is 2. The first-order valence-electron chi connectivity index (χ1n) is 7.98. The molecule has 3 aromatic rings. The van der Waals surface area contributed by atoms with Gasteiger partial charge in [-0.1, -0.05) is 23.7 Å². The monoisotopic (exact) mass is 384 g/mol. The largest absolute Gasteiger partial charge is 0.497 e. The number of ether oxygens (including phenoxy) is 2. The number of rotatable bonds is 6. The minimum atomic E-state index is -0.350. The molecule has 0 aliphatic carbocycles. The summed E-state index contributed by atoms with van der Waals surface area (Å²) in [4.78, 5) is 16.3. The maximum atomic E-state index is 12.0. The molecule has 0 bridgehead atoms.